The van der Waals surface area contributed by atoms with E-state index < -0.39 is 15.9 Å². The molecule has 2 heterocycles. The lowest BCUT2D eigenvalue weighted by molar-refractivity contribution is 0.0732. The number of cyclic esters (lactones) is 1. The number of amides is 2. The Hall–Kier alpha value is -2.17. The fourth-order valence-electron chi connectivity index (χ4n) is 3.27. The van der Waals surface area contributed by atoms with E-state index >= 15 is 0 Å². The van der Waals surface area contributed by atoms with Gasteiger partial charge in [0.05, 0.1) is 23.1 Å². The molecule has 10 heteroatoms. The highest BCUT2D eigenvalue weighted by molar-refractivity contribution is 7.90. The van der Waals surface area contributed by atoms with E-state index in [0.29, 0.717) is 31.9 Å². The van der Waals surface area contributed by atoms with Crippen LogP contribution >= 0.6 is 0 Å². The van der Waals surface area contributed by atoms with Crippen LogP contribution in [0.4, 0.5) is 10.5 Å². The van der Waals surface area contributed by atoms with E-state index in [0.717, 1.165) is 6.26 Å². The van der Waals surface area contributed by atoms with Crippen LogP contribution in [0.15, 0.2) is 23.1 Å². The number of anilines is 1. The minimum Gasteiger partial charge on any atom is -0.447 e. The van der Waals surface area contributed by atoms with Gasteiger partial charge in [-0.15, -0.1) is 0 Å². The summed E-state index contributed by atoms with van der Waals surface area (Å²) in [6, 6.07) is 4.04. The first-order valence-electron chi connectivity index (χ1n) is 8.62. The van der Waals surface area contributed by atoms with E-state index in [9.17, 15) is 18.0 Å². The maximum absolute atomic E-state index is 12.8. The van der Waals surface area contributed by atoms with Crippen molar-refractivity contribution in [3.8, 4) is 0 Å². The third-order valence-corrected chi connectivity index (χ3v) is 5.73. The number of carbonyl (C=O) groups excluding carboxylic acids is 2. The zero-order valence-corrected chi connectivity index (χ0v) is 16.1. The number of hydrogen-bond donors (Lipinski definition) is 1. The molecule has 1 atom stereocenters. The normalized spacial score (nSPS) is 20.7. The molecule has 148 valence electrons. The van der Waals surface area contributed by atoms with Crippen LogP contribution in [0.3, 0.4) is 0 Å². The molecule has 0 aliphatic carbocycles. The first-order chi connectivity index (χ1) is 12.8. The lowest BCUT2D eigenvalue weighted by Gasteiger charge is -2.28. The van der Waals surface area contributed by atoms with Crippen molar-refractivity contribution < 1.29 is 27.5 Å². The largest absolute Gasteiger partial charge is 0.447 e. The summed E-state index contributed by atoms with van der Waals surface area (Å²) >= 11 is 0. The minimum absolute atomic E-state index is 0.0978. The highest BCUT2D eigenvalue weighted by Crippen LogP contribution is 2.29. The smallest absolute Gasteiger partial charge is 0.414 e. The Morgan fingerprint density at radius 1 is 1.33 bits per heavy atom. The Morgan fingerprint density at radius 3 is 2.67 bits per heavy atom. The van der Waals surface area contributed by atoms with Crippen LogP contribution in [0.5, 0.6) is 0 Å². The van der Waals surface area contributed by atoms with Crippen molar-refractivity contribution >= 4 is 27.5 Å². The number of methoxy groups -OCH3 is 1. The zero-order valence-electron chi connectivity index (χ0n) is 15.3. The summed E-state index contributed by atoms with van der Waals surface area (Å²) in [6.07, 6.45) is 0.480. The van der Waals surface area contributed by atoms with E-state index in [-0.39, 0.29) is 35.6 Å². The minimum atomic E-state index is -3.69. The Bertz CT molecular complexity index is 835. The maximum Gasteiger partial charge on any atom is 0.414 e. The highest BCUT2D eigenvalue weighted by atomic mass is 32.2. The van der Waals surface area contributed by atoms with Crippen molar-refractivity contribution in [3.05, 3.63) is 23.8 Å². The van der Waals surface area contributed by atoms with Gasteiger partial charge in [-0.25, -0.2) is 13.2 Å². The molecule has 1 aromatic rings. The van der Waals surface area contributed by atoms with Gasteiger partial charge in [0.25, 0.3) is 5.91 Å². The molecule has 9 nitrogen and oxygen atoms in total. The zero-order chi connectivity index (χ0) is 19.6. The average Bonchev–Trinajstić information content (AvgIpc) is 3.01. The second-order valence-corrected chi connectivity index (χ2v) is 8.54. The number of nitrogens with one attached hydrogen (secondary N) is 1. The third kappa shape index (κ3) is 4.07. The molecule has 2 aliphatic rings. The standard InChI is InChI=1S/C17H23N3O6S/c1-25-10-13-11-26-17(22)20(13)12-3-4-14(15(9-12)27(2,23)24)16(21)19-7-5-18-6-8-19/h3-4,9,13,18H,5-8,10-11H2,1-2H3. The topological polar surface area (TPSA) is 105 Å². The summed E-state index contributed by atoms with van der Waals surface area (Å²) in [6.45, 7) is 2.76. The summed E-state index contributed by atoms with van der Waals surface area (Å²) in [4.78, 5) is 27.8. The van der Waals surface area contributed by atoms with Crippen LogP contribution in [0.1, 0.15) is 10.4 Å². The van der Waals surface area contributed by atoms with Gasteiger partial charge in [0.15, 0.2) is 9.84 Å². The van der Waals surface area contributed by atoms with Crippen molar-refractivity contribution in [2.45, 2.75) is 10.9 Å². The molecular weight excluding hydrogens is 374 g/mol. The van der Waals surface area contributed by atoms with E-state index in [4.69, 9.17) is 9.47 Å². The van der Waals surface area contributed by atoms with Gasteiger partial charge in [0.2, 0.25) is 0 Å². The second-order valence-electron chi connectivity index (χ2n) is 6.55. The van der Waals surface area contributed by atoms with Crippen LogP contribution in [-0.4, -0.2) is 84.1 Å². The molecule has 0 radical (unpaired) electrons. The predicted octanol–water partition coefficient (Wildman–Crippen LogP) is 0.107. The fourth-order valence-corrected chi connectivity index (χ4v) is 4.16. The summed E-state index contributed by atoms with van der Waals surface area (Å²) in [5.74, 6) is -0.332. The number of carbonyl (C=O) groups is 2. The number of sulfone groups is 1. The Labute approximate surface area is 158 Å². The molecule has 1 unspecified atom stereocenters. The van der Waals surface area contributed by atoms with Gasteiger partial charge < -0.3 is 19.7 Å². The van der Waals surface area contributed by atoms with E-state index in [1.807, 2.05) is 0 Å². The SMILES string of the molecule is COCC1COC(=O)N1c1ccc(C(=O)N2CCNCC2)c(S(C)(=O)=O)c1. The monoisotopic (exact) mass is 397 g/mol. The second kappa shape index (κ2) is 7.83. The van der Waals surface area contributed by atoms with Gasteiger partial charge in [-0.1, -0.05) is 0 Å². The Balaban J connectivity index is 2.00. The summed E-state index contributed by atoms with van der Waals surface area (Å²) in [5.41, 5.74) is 0.468. The molecule has 2 aliphatic heterocycles. The first-order valence-corrected chi connectivity index (χ1v) is 10.5. The van der Waals surface area contributed by atoms with Gasteiger partial charge in [-0.3, -0.25) is 9.69 Å². The molecular formula is C17H23N3O6S. The van der Waals surface area contributed by atoms with Gasteiger partial charge in [-0.05, 0) is 18.2 Å². The number of hydrogen-bond acceptors (Lipinski definition) is 7. The van der Waals surface area contributed by atoms with Gasteiger partial charge in [0.1, 0.15) is 6.61 Å². The van der Waals surface area contributed by atoms with Gasteiger partial charge in [-0.2, -0.15) is 0 Å². The lowest BCUT2D eigenvalue weighted by Crippen LogP contribution is -2.46. The van der Waals surface area contributed by atoms with E-state index in [1.165, 1.54) is 24.1 Å². The van der Waals surface area contributed by atoms with Crippen LogP contribution in [0.2, 0.25) is 0 Å². The molecule has 2 fully saturated rings. The van der Waals surface area contributed by atoms with Crippen molar-refractivity contribution in [1.82, 2.24) is 10.2 Å². The van der Waals surface area contributed by atoms with Crippen molar-refractivity contribution in [3.63, 3.8) is 0 Å². The van der Waals surface area contributed by atoms with Crippen LogP contribution < -0.4 is 10.2 Å². The predicted molar refractivity (Wildman–Crippen MR) is 97.8 cm³/mol. The van der Waals surface area contributed by atoms with Crippen molar-refractivity contribution in [2.24, 2.45) is 0 Å². The van der Waals surface area contributed by atoms with Gasteiger partial charge >= 0.3 is 6.09 Å². The summed E-state index contributed by atoms with van der Waals surface area (Å²) in [7, 11) is -2.18. The number of nitrogens with zero attached hydrogens (tertiary/aromatic N) is 2. The average molecular weight is 397 g/mol. The van der Waals surface area contributed by atoms with E-state index in [1.54, 1.807) is 11.0 Å². The molecule has 1 aromatic carbocycles. The first kappa shape index (κ1) is 19.6. The van der Waals surface area contributed by atoms with Crippen molar-refractivity contribution in [2.75, 3.05) is 57.7 Å². The fraction of sp³-hybridized carbons (Fsp3) is 0.529. The molecule has 27 heavy (non-hydrogen) atoms. The third-order valence-electron chi connectivity index (χ3n) is 4.60. The van der Waals surface area contributed by atoms with Crippen LogP contribution in [0.25, 0.3) is 0 Å². The van der Waals surface area contributed by atoms with Crippen LogP contribution in [-0.2, 0) is 19.3 Å². The Kier molecular flexibility index (Phi) is 5.68. The maximum atomic E-state index is 12.8. The molecule has 1 N–H and O–H groups in total. The number of piperazine rings is 1. The lowest BCUT2D eigenvalue weighted by atomic mass is 10.1. The quantitative estimate of drug-likeness (QED) is 0.752. The molecule has 0 bridgehead atoms. The molecule has 3 rings (SSSR count). The molecule has 2 amide bonds. The molecule has 0 saturated carbocycles. The highest BCUT2D eigenvalue weighted by Gasteiger charge is 2.35. The number of ether oxygens (including phenoxy) is 2. The molecule has 0 aromatic heterocycles. The van der Waals surface area contributed by atoms with E-state index in [2.05, 4.69) is 5.32 Å². The summed E-state index contributed by atoms with van der Waals surface area (Å²) in [5, 5.41) is 3.15. The van der Waals surface area contributed by atoms with Crippen molar-refractivity contribution in [1.29, 1.82) is 0 Å². The Morgan fingerprint density at radius 2 is 2.04 bits per heavy atom. The summed E-state index contributed by atoms with van der Waals surface area (Å²) < 4.78 is 34.9. The van der Waals surface area contributed by atoms with Gasteiger partial charge in [0, 0.05) is 45.2 Å². The number of rotatable bonds is 5. The molecule has 2 saturated heterocycles. The van der Waals surface area contributed by atoms with Crippen LogP contribution in [0, 0.1) is 0 Å². The number of benzene rings is 1. The molecule has 0 spiro atoms.